The van der Waals surface area contributed by atoms with Gasteiger partial charge in [-0.1, -0.05) is 31.2 Å². The van der Waals surface area contributed by atoms with Crippen LogP contribution in [-0.2, 0) is 9.53 Å². The molecule has 1 aromatic carbocycles. The smallest absolute Gasteiger partial charge is 0.306 e. The molecule has 2 unspecified atom stereocenters. The summed E-state index contributed by atoms with van der Waals surface area (Å²) < 4.78 is 5.26. The molecule has 0 bridgehead atoms. The van der Waals surface area contributed by atoms with E-state index >= 15 is 0 Å². The van der Waals surface area contributed by atoms with Crippen molar-refractivity contribution in [1.29, 1.82) is 0 Å². The minimum atomic E-state index is -0.209. The summed E-state index contributed by atoms with van der Waals surface area (Å²) in [6.07, 6.45) is 1.48. The number of rotatable bonds is 4. The quantitative estimate of drug-likeness (QED) is 0.767. The zero-order valence-corrected chi connectivity index (χ0v) is 10.8. The van der Waals surface area contributed by atoms with Crippen molar-refractivity contribution in [2.24, 2.45) is 0 Å². The van der Waals surface area contributed by atoms with Gasteiger partial charge >= 0.3 is 5.97 Å². The number of carbonyl (C=O) groups excluding carboxylic acids is 2. The van der Waals surface area contributed by atoms with Crippen LogP contribution in [0.1, 0.15) is 54.9 Å². The van der Waals surface area contributed by atoms with Crippen LogP contribution >= 0.6 is 0 Å². The first-order chi connectivity index (χ1) is 8.61. The zero-order valence-electron chi connectivity index (χ0n) is 10.8. The summed E-state index contributed by atoms with van der Waals surface area (Å²) >= 11 is 0. The van der Waals surface area contributed by atoms with Crippen LogP contribution in [0, 0.1) is 0 Å². The molecule has 0 radical (unpaired) electrons. The van der Waals surface area contributed by atoms with Crippen LogP contribution in [0.3, 0.4) is 0 Å². The summed E-state index contributed by atoms with van der Waals surface area (Å²) in [5, 5.41) is 0. The molecule has 0 saturated heterocycles. The number of Topliss-reactive ketones (excluding diaryl/α,β-unsaturated/α-hetero) is 1. The van der Waals surface area contributed by atoms with Gasteiger partial charge in [0.2, 0.25) is 0 Å². The molecule has 0 N–H and O–H groups in total. The first-order valence-electron chi connectivity index (χ1n) is 6.43. The Bertz CT molecular complexity index is 465. The van der Waals surface area contributed by atoms with Gasteiger partial charge in [0.05, 0.1) is 12.5 Å². The molecule has 96 valence electrons. The van der Waals surface area contributed by atoms with Crippen molar-refractivity contribution in [2.75, 3.05) is 0 Å². The molecule has 0 fully saturated rings. The summed E-state index contributed by atoms with van der Waals surface area (Å²) in [6.45, 7) is 3.86. The molecular formula is C15H18O3. The Morgan fingerprint density at radius 2 is 2.17 bits per heavy atom. The first kappa shape index (κ1) is 12.8. The highest BCUT2D eigenvalue weighted by Crippen LogP contribution is 2.35. The number of fused-ring (bicyclic) bond motifs is 1. The predicted molar refractivity (Wildman–Crippen MR) is 68.6 cm³/mol. The number of carbonyl (C=O) groups is 2. The van der Waals surface area contributed by atoms with E-state index in [9.17, 15) is 9.59 Å². The van der Waals surface area contributed by atoms with Gasteiger partial charge in [-0.15, -0.1) is 0 Å². The second kappa shape index (κ2) is 5.34. The summed E-state index contributed by atoms with van der Waals surface area (Å²) in [5.41, 5.74) is 1.75. The Kier molecular flexibility index (Phi) is 3.80. The highest BCUT2D eigenvalue weighted by atomic mass is 16.5. The predicted octanol–water partition coefficient (Wildman–Crippen LogP) is 3.09. The lowest BCUT2D eigenvalue weighted by molar-refractivity contribution is -0.148. The molecule has 3 heteroatoms. The average Bonchev–Trinajstić information content (AvgIpc) is 2.67. The standard InChI is InChI=1S/C15H18O3/c1-3-10(2)18-15(17)9-11-8-14(16)13-7-5-4-6-12(11)13/h4-7,10-11H,3,8-9H2,1-2H3. The third kappa shape index (κ3) is 2.61. The first-order valence-corrected chi connectivity index (χ1v) is 6.43. The fourth-order valence-corrected chi connectivity index (χ4v) is 2.29. The van der Waals surface area contributed by atoms with E-state index < -0.39 is 0 Å². The lowest BCUT2D eigenvalue weighted by Gasteiger charge is -2.14. The molecule has 0 heterocycles. The van der Waals surface area contributed by atoms with Crippen LogP contribution in [0.15, 0.2) is 24.3 Å². The van der Waals surface area contributed by atoms with E-state index in [2.05, 4.69) is 0 Å². The molecule has 0 saturated carbocycles. The SMILES string of the molecule is CCC(C)OC(=O)CC1CC(=O)c2ccccc21. The fourth-order valence-electron chi connectivity index (χ4n) is 2.29. The molecule has 1 aromatic rings. The summed E-state index contributed by atoms with van der Waals surface area (Å²) in [6, 6.07) is 7.53. The normalized spacial score (nSPS) is 19.4. The molecular weight excluding hydrogens is 228 g/mol. The van der Waals surface area contributed by atoms with Crippen molar-refractivity contribution >= 4 is 11.8 Å². The van der Waals surface area contributed by atoms with Gasteiger partial charge in [-0.2, -0.15) is 0 Å². The zero-order chi connectivity index (χ0) is 13.1. The van der Waals surface area contributed by atoms with Crippen molar-refractivity contribution < 1.29 is 14.3 Å². The molecule has 0 aliphatic heterocycles. The molecule has 0 spiro atoms. The maximum absolute atomic E-state index is 11.8. The highest BCUT2D eigenvalue weighted by Gasteiger charge is 2.30. The Balaban J connectivity index is 2.04. The summed E-state index contributed by atoms with van der Waals surface area (Å²) in [4.78, 5) is 23.5. The lowest BCUT2D eigenvalue weighted by Crippen LogP contribution is -2.16. The van der Waals surface area contributed by atoms with Crippen LogP contribution < -0.4 is 0 Å². The van der Waals surface area contributed by atoms with Crippen LogP contribution in [0.5, 0.6) is 0 Å². The van der Waals surface area contributed by atoms with Crippen molar-refractivity contribution in [2.45, 2.75) is 45.1 Å². The topological polar surface area (TPSA) is 43.4 Å². The van der Waals surface area contributed by atoms with Crippen molar-refractivity contribution in [3.05, 3.63) is 35.4 Å². The minimum Gasteiger partial charge on any atom is -0.463 e. The second-order valence-corrected chi connectivity index (χ2v) is 4.82. The molecule has 0 amide bonds. The Morgan fingerprint density at radius 3 is 2.89 bits per heavy atom. The molecule has 18 heavy (non-hydrogen) atoms. The number of ether oxygens (including phenoxy) is 1. The maximum atomic E-state index is 11.8. The third-order valence-electron chi connectivity index (χ3n) is 3.45. The number of esters is 1. The molecule has 1 aliphatic carbocycles. The van der Waals surface area contributed by atoms with Gasteiger partial charge in [0.1, 0.15) is 0 Å². The summed E-state index contributed by atoms with van der Waals surface area (Å²) in [5.74, 6) is -0.0870. The Hall–Kier alpha value is -1.64. The van der Waals surface area contributed by atoms with Crippen LogP contribution in [0.4, 0.5) is 0 Å². The van der Waals surface area contributed by atoms with Crippen molar-refractivity contribution in [3.63, 3.8) is 0 Å². The Morgan fingerprint density at radius 1 is 1.44 bits per heavy atom. The van der Waals surface area contributed by atoms with E-state index in [-0.39, 0.29) is 23.8 Å². The molecule has 1 aliphatic rings. The van der Waals surface area contributed by atoms with Crippen LogP contribution in [0.25, 0.3) is 0 Å². The molecule has 2 atom stereocenters. The van der Waals surface area contributed by atoms with Gasteiger partial charge < -0.3 is 4.74 Å². The average molecular weight is 246 g/mol. The van der Waals surface area contributed by atoms with Crippen molar-refractivity contribution in [3.8, 4) is 0 Å². The van der Waals surface area contributed by atoms with Gasteiger partial charge in [0.25, 0.3) is 0 Å². The van der Waals surface area contributed by atoms with Gasteiger partial charge in [-0.05, 0) is 18.9 Å². The number of hydrogen-bond donors (Lipinski definition) is 0. The number of ketones is 1. The second-order valence-electron chi connectivity index (χ2n) is 4.82. The fraction of sp³-hybridized carbons (Fsp3) is 0.467. The van der Waals surface area contributed by atoms with E-state index in [1.54, 1.807) is 0 Å². The molecule has 2 rings (SSSR count). The Labute approximate surface area is 107 Å². The maximum Gasteiger partial charge on any atom is 0.306 e. The van der Waals surface area contributed by atoms with Crippen LogP contribution in [-0.4, -0.2) is 17.9 Å². The number of benzene rings is 1. The van der Waals surface area contributed by atoms with E-state index in [4.69, 9.17) is 4.74 Å². The third-order valence-corrected chi connectivity index (χ3v) is 3.45. The van der Waals surface area contributed by atoms with Crippen LogP contribution in [0.2, 0.25) is 0 Å². The van der Waals surface area contributed by atoms with E-state index in [1.165, 1.54) is 0 Å². The van der Waals surface area contributed by atoms with Gasteiger partial charge in [-0.3, -0.25) is 9.59 Å². The van der Waals surface area contributed by atoms with E-state index in [0.717, 1.165) is 17.5 Å². The van der Waals surface area contributed by atoms with E-state index in [1.807, 2.05) is 38.1 Å². The lowest BCUT2D eigenvalue weighted by atomic mass is 9.98. The largest absolute Gasteiger partial charge is 0.463 e. The van der Waals surface area contributed by atoms with E-state index in [0.29, 0.717) is 12.8 Å². The van der Waals surface area contributed by atoms with Gasteiger partial charge in [0, 0.05) is 17.9 Å². The van der Waals surface area contributed by atoms with Crippen molar-refractivity contribution in [1.82, 2.24) is 0 Å². The molecule has 3 nitrogen and oxygen atoms in total. The van der Waals surface area contributed by atoms with Gasteiger partial charge in [-0.25, -0.2) is 0 Å². The monoisotopic (exact) mass is 246 g/mol. The van der Waals surface area contributed by atoms with Gasteiger partial charge in [0.15, 0.2) is 5.78 Å². The highest BCUT2D eigenvalue weighted by molar-refractivity contribution is 6.01. The summed E-state index contributed by atoms with van der Waals surface area (Å²) in [7, 11) is 0. The molecule has 0 aromatic heterocycles. The number of hydrogen-bond acceptors (Lipinski definition) is 3. The minimum absolute atomic E-state index is 0.00902.